The number of aromatic nitrogens is 1. The van der Waals surface area contributed by atoms with Crippen LogP contribution in [0.1, 0.15) is 29.2 Å². The van der Waals surface area contributed by atoms with Gasteiger partial charge in [0.1, 0.15) is 4.90 Å². The summed E-state index contributed by atoms with van der Waals surface area (Å²) < 4.78 is 138. The first-order valence-corrected chi connectivity index (χ1v) is 11.9. The summed E-state index contributed by atoms with van der Waals surface area (Å²) in [5.74, 6) is -10.8. The molecule has 0 unspecified atom stereocenters. The summed E-state index contributed by atoms with van der Waals surface area (Å²) >= 11 is 0. The summed E-state index contributed by atoms with van der Waals surface area (Å²) in [4.78, 5) is 12.7. The van der Waals surface area contributed by atoms with Crippen LogP contribution in [0.5, 0.6) is 0 Å². The second-order valence-corrected chi connectivity index (χ2v) is 9.79. The monoisotopic (exact) mass is 564 g/mol. The largest absolute Gasteiger partial charge is 0.416 e. The molecule has 0 N–H and O–H groups in total. The molecule has 0 amide bonds. The third-order valence-corrected chi connectivity index (χ3v) is 6.96. The maximum atomic E-state index is 14.4. The Kier molecular flexibility index (Phi) is 8.36. The SMILES string of the molecule is CC(=O)/C=C/c1ccc(CN(Cc2cccnc2F)S(=O)(=O)c2cc(F)c(F)c(F)c2F)c(C(F)(F)F)c1. The molecule has 1 aromatic heterocycles. The molecule has 0 fully saturated rings. The van der Waals surface area contributed by atoms with Gasteiger partial charge in [-0.25, -0.2) is 31.0 Å². The molecule has 0 saturated carbocycles. The molecule has 0 aliphatic rings. The molecule has 3 rings (SSSR count). The number of carbonyl (C=O) groups excluding carboxylic acids is 1. The quantitative estimate of drug-likeness (QED) is 0.114. The zero-order chi connectivity index (χ0) is 28.4. The molecule has 3 aromatic rings. The van der Waals surface area contributed by atoms with Crippen molar-refractivity contribution >= 4 is 21.9 Å². The normalized spacial score (nSPS) is 12.5. The van der Waals surface area contributed by atoms with E-state index in [4.69, 9.17) is 0 Å². The molecule has 38 heavy (non-hydrogen) atoms. The van der Waals surface area contributed by atoms with E-state index >= 15 is 0 Å². The molecule has 0 atom stereocenters. The lowest BCUT2D eigenvalue weighted by Gasteiger charge is -2.25. The lowest BCUT2D eigenvalue weighted by molar-refractivity contribution is -0.138. The summed E-state index contributed by atoms with van der Waals surface area (Å²) in [5, 5.41) is 0. The molecule has 0 spiro atoms. The standard InChI is InChI=1S/C24H16F8N2O3S/c1-13(35)4-5-14-6-7-15(17(9-14)24(30,31)32)11-34(12-16-3-2-8-33-23(16)29)38(36,37)19-10-18(25)20(26)22(28)21(19)27/h2-10H,11-12H2,1H3/b5-4+. The second kappa shape index (κ2) is 11.0. The van der Waals surface area contributed by atoms with Crippen LogP contribution in [-0.2, 0) is 34.1 Å². The van der Waals surface area contributed by atoms with Gasteiger partial charge in [-0.1, -0.05) is 24.3 Å². The van der Waals surface area contributed by atoms with Crippen LogP contribution in [0.25, 0.3) is 6.08 Å². The first-order valence-electron chi connectivity index (χ1n) is 10.4. The summed E-state index contributed by atoms with van der Waals surface area (Å²) in [6, 6.07) is 4.65. The van der Waals surface area contributed by atoms with E-state index in [-0.39, 0.29) is 15.9 Å². The van der Waals surface area contributed by atoms with Crippen LogP contribution in [0.15, 0.2) is 53.6 Å². The van der Waals surface area contributed by atoms with Crippen molar-refractivity contribution in [1.82, 2.24) is 9.29 Å². The van der Waals surface area contributed by atoms with E-state index in [1.54, 1.807) is 0 Å². The number of allylic oxidation sites excluding steroid dienone is 1. The van der Waals surface area contributed by atoms with E-state index < -0.39 is 85.9 Å². The number of benzene rings is 2. The Hall–Kier alpha value is -3.65. The number of nitrogens with zero attached hydrogens (tertiary/aromatic N) is 2. The molecule has 14 heteroatoms. The lowest BCUT2D eigenvalue weighted by atomic mass is 10.0. The van der Waals surface area contributed by atoms with Gasteiger partial charge in [0, 0.05) is 30.9 Å². The van der Waals surface area contributed by atoms with Crippen molar-refractivity contribution in [3.05, 3.63) is 100 Å². The molecular formula is C24H16F8N2O3S. The topological polar surface area (TPSA) is 67.3 Å². The average Bonchev–Trinajstić information content (AvgIpc) is 2.84. The van der Waals surface area contributed by atoms with Crippen molar-refractivity contribution in [2.75, 3.05) is 0 Å². The summed E-state index contributed by atoms with van der Waals surface area (Å²) in [6.07, 6.45) is -1.97. The number of hydrogen-bond donors (Lipinski definition) is 0. The van der Waals surface area contributed by atoms with Gasteiger partial charge in [-0.3, -0.25) is 4.79 Å². The van der Waals surface area contributed by atoms with Gasteiger partial charge in [0.15, 0.2) is 29.1 Å². The highest BCUT2D eigenvalue weighted by molar-refractivity contribution is 7.89. The van der Waals surface area contributed by atoms with Crippen LogP contribution >= 0.6 is 0 Å². The highest BCUT2D eigenvalue weighted by Gasteiger charge is 2.37. The highest BCUT2D eigenvalue weighted by Crippen LogP contribution is 2.35. The third kappa shape index (κ3) is 6.25. The fourth-order valence-corrected chi connectivity index (χ4v) is 4.80. The van der Waals surface area contributed by atoms with Gasteiger partial charge in [-0.15, -0.1) is 0 Å². The maximum absolute atomic E-state index is 14.4. The van der Waals surface area contributed by atoms with E-state index in [0.717, 1.165) is 43.5 Å². The van der Waals surface area contributed by atoms with Gasteiger partial charge >= 0.3 is 6.18 Å². The van der Waals surface area contributed by atoms with Crippen LogP contribution in [0, 0.1) is 29.2 Å². The summed E-state index contributed by atoms with van der Waals surface area (Å²) in [5.41, 5.74) is -2.59. The maximum Gasteiger partial charge on any atom is 0.416 e. The first-order chi connectivity index (χ1) is 17.6. The minimum Gasteiger partial charge on any atom is -0.295 e. The molecule has 202 valence electrons. The zero-order valence-corrected chi connectivity index (χ0v) is 20.0. The minimum atomic E-state index is -5.41. The number of ketones is 1. The average molecular weight is 564 g/mol. The van der Waals surface area contributed by atoms with Crippen LogP contribution in [-0.4, -0.2) is 23.5 Å². The van der Waals surface area contributed by atoms with Gasteiger partial charge in [-0.05, 0) is 36.3 Å². The lowest BCUT2D eigenvalue weighted by Crippen LogP contribution is -2.32. The van der Waals surface area contributed by atoms with Crippen LogP contribution in [0.3, 0.4) is 0 Å². The Labute approximate surface area is 211 Å². The first kappa shape index (κ1) is 28.9. The predicted molar refractivity (Wildman–Crippen MR) is 118 cm³/mol. The number of sulfonamides is 1. The Bertz CT molecular complexity index is 1520. The molecular weight excluding hydrogens is 548 g/mol. The van der Waals surface area contributed by atoms with E-state index in [9.17, 15) is 48.3 Å². The van der Waals surface area contributed by atoms with Crippen LogP contribution in [0.2, 0.25) is 0 Å². The number of alkyl halides is 3. The minimum absolute atomic E-state index is 0.0716. The number of hydrogen-bond acceptors (Lipinski definition) is 4. The highest BCUT2D eigenvalue weighted by atomic mass is 32.2. The Morgan fingerprint density at radius 2 is 1.61 bits per heavy atom. The number of pyridine rings is 1. The van der Waals surface area contributed by atoms with Crippen molar-refractivity contribution in [3.8, 4) is 0 Å². The summed E-state index contributed by atoms with van der Waals surface area (Å²) in [6.45, 7) is -1.05. The van der Waals surface area contributed by atoms with Crippen molar-refractivity contribution in [2.24, 2.45) is 0 Å². The number of rotatable bonds is 8. The van der Waals surface area contributed by atoms with E-state index in [1.165, 1.54) is 6.07 Å². The molecule has 0 aliphatic heterocycles. The zero-order valence-electron chi connectivity index (χ0n) is 19.2. The third-order valence-electron chi connectivity index (χ3n) is 5.17. The molecule has 2 aromatic carbocycles. The van der Waals surface area contributed by atoms with Crippen molar-refractivity contribution in [3.63, 3.8) is 0 Å². The van der Waals surface area contributed by atoms with Crippen LogP contribution < -0.4 is 0 Å². The molecule has 0 radical (unpaired) electrons. The van der Waals surface area contributed by atoms with Gasteiger partial charge < -0.3 is 0 Å². The summed E-state index contributed by atoms with van der Waals surface area (Å²) in [7, 11) is -5.41. The molecule has 5 nitrogen and oxygen atoms in total. The second-order valence-electron chi connectivity index (χ2n) is 7.88. The van der Waals surface area contributed by atoms with Gasteiger partial charge in [-0.2, -0.15) is 21.9 Å². The smallest absolute Gasteiger partial charge is 0.295 e. The number of halogens is 8. The molecule has 1 heterocycles. The van der Waals surface area contributed by atoms with E-state index in [0.29, 0.717) is 6.07 Å². The van der Waals surface area contributed by atoms with Crippen molar-refractivity contribution in [2.45, 2.75) is 31.1 Å². The Morgan fingerprint density at radius 3 is 2.21 bits per heavy atom. The molecule has 0 saturated heterocycles. The Balaban J connectivity index is 2.19. The van der Waals surface area contributed by atoms with Gasteiger partial charge in [0.25, 0.3) is 0 Å². The number of carbonyl (C=O) groups is 1. The van der Waals surface area contributed by atoms with Gasteiger partial charge in [0.2, 0.25) is 16.0 Å². The van der Waals surface area contributed by atoms with E-state index in [1.807, 2.05) is 0 Å². The molecule has 0 aliphatic carbocycles. The molecule has 0 bridgehead atoms. The van der Waals surface area contributed by atoms with Gasteiger partial charge in [0.05, 0.1) is 5.56 Å². The fourth-order valence-electron chi connectivity index (χ4n) is 3.33. The predicted octanol–water partition coefficient (Wildman–Crippen LogP) is 5.79. The van der Waals surface area contributed by atoms with Crippen molar-refractivity contribution < 1.29 is 48.3 Å². The van der Waals surface area contributed by atoms with Crippen molar-refractivity contribution in [1.29, 1.82) is 0 Å². The fraction of sp³-hybridized carbons (Fsp3) is 0.167. The van der Waals surface area contributed by atoms with Crippen LogP contribution in [0.4, 0.5) is 35.1 Å². The van der Waals surface area contributed by atoms with E-state index in [2.05, 4.69) is 4.98 Å². The Morgan fingerprint density at radius 1 is 0.947 bits per heavy atom.